The number of benzene rings is 3. The van der Waals surface area contributed by atoms with Crippen molar-refractivity contribution in [3.63, 3.8) is 0 Å². The summed E-state index contributed by atoms with van der Waals surface area (Å²) < 4.78 is 0. The van der Waals surface area contributed by atoms with Gasteiger partial charge in [0.05, 0.1) is 0 Å². The first-order valence-corrected chi connectivity index (χ1v) is 15.5. The molecule has 3 rings (SSSR count). The van der Waals surface area contributed by atoms with Crippen molar-refractivity contribution in [1.29, 1.82) is 0 Å². The third kappa shape index (κ3) is 12.4. The minimum Gasteiger partial charge on any atom is -0.0819 e. The molecule has 0 fully saturated rings. The van der Waals surface area contributed by atoms with Crippen LogP contribution in [0.3, 0.4) is 0 Å². The summed E-state index contributed by atoms with van der Waals surface area (Å²) in [6.45, 7) is 35.9. The van der Waals surface area contributed by atoms with Gasteiger partial charge in [0.1, 0.15) is 0 Å². The van der Waals surface area contributed by atoms with Gasteiger partial charge in [-0.25, -0.2) is 0 Å². The zero-order chi connectivity index (χ0) is 29.9. The van der Waals surface area contributed by atoms with Crippen molar-refractivity contribution in [2.24, 2.45) is 0 Å². The molecule has 0 bridgehead atoms. The van der Waals surface area contributed by atoms with Gasteiger partial charge in [-0.2, -0.15) is 0 Å². The highest BCUT2D eigenvalue weighted by Crippen LogP contribution is 1.92. The van der Waals surface area contributed by atoms with Gasteiger partial charge < -0.3 is 0 Å². The molecular formula is C32H53B7. The molecule has 0 aliphatic heterocycles. The minimum atomic E-state index is 0.626. The quantitative estimate of drug-likeness (QED) is 0.399. The summed E-state index contributed by atoms with van der Waals surface area (Å²) >= 11 is 0. The second-order valence-electron chi connectivity index (χ2n) is 13.4. The number of hydrogen-bond acceptors (Lipinski definition) is 0. The summed E-state index contributed by atoms with van der Waals surface area (Å²) in [5.74, 6) is 0. The first-order chi connectivity index (χ1) is 18.1. The van der Waals surface area contributed by atoms with E-state index in [1.807, 2.05) is 0 Å². The molecule has 0 heterocycles. The van der Waals surface area contributed by atoms with E-state index in [2.05, 4.69) is 162 Å². The maximum atomic E-state index is 2.36. The maximum Gasteiger partial charge on any atom is 0.169 e. The highest BCUT2D eigenvalue weighted by molar-refractivity contribution is 6.77. The van der Waals surface area contributed by atoms with Crippen molar-refractivity contribution in [2.45, 2.75) is 95.5 Å². The standard InChI is InChI=1S/C12H21B3.2C10H16B2/c1-13(2)10-7-11(14(3)4)9-12(8-10)15(5)6;1-11(2)9-5-7-10(8-6-9)12(3)4;1-11(2)9-6-5-7-10(8-9)12(3)4/h7-9H,1-6H3;2*5-8H,1-4H3. The van der Waals surface area contributed by atoms with Crippen LogP contribution in [0.1, 0.15) is 0 Å². The van der Waals surface area contributed by atoms with E-state index in [0.29, 0.717) is 47.0 Å². The Balaban J connectivity index is 0.000000295. The number of rotatable bonds is 7. The molecular weight excluding hydrogens is 460 g/mol. The lowest BCUT2D eigenvalue weighted by molar-refractivity contribution is 1.76. The van der Waals surface area contributed by atoms with Crippen LogP contribution in [0.4, 0.5) is 0 Å². The molecule has 202 valence electrons. The van der Waals surface area contributed by atoms with Gasteiger partial charge in [0, 0.05) is 0 Å². The van der Waals surface area contributed by atoms with E-state index in [1.54, 1.807) is 0 Å². The molecule has 0 atom stereocenters. The summed E-state index contributed by atoms with van der Waals surface area (Å²) in [6.07, 6.45) is 0. The monoisotopic (exact) mass is 514 g/mol. The molecule has 0 aromatic heterocycles. The second kappa shape index (κ2) is 17.0. The molecule has 0 saturated carbocycles. The first kappa shape index (κ1) is 35.1. The fourth-order valence-corrected chi connectivity index (χ4v) is 4.25. The largest absolute Gasteiger partial charge is 0.169 e. The Morgan fingerprint density at radius 3 is 0.667 bits per heavy atom. The van der Waals surface area contributed by atoms with E-state index in [0.717, 1.165) is 0 Å². The molecule has 3 aromatic carbocycles. The van der Waals surface area contributed by atoms with Crippen LogP contribution in [-0.2, 0) is 0 Å². The van der Waals surface area contributed by atoms with Gasteiger partial charge in [0.25, 0.3) is 0 Å². The molecule has 3 aromatic rings. The average Bonchev–Trinajstić information content (AvgIpc) is 2.89. The van der Waals surface area contributed by atoms with Crippen molar-refractivity contribution < 1.29 is 0 Å². The molecule has 0 N–H and O–H groups in total. The van der Waals surface area contributed by atoms with Gasteiger partial charge in [0.15, 0.2) is 47.0 Å². The third-order valence-corrected chi connectivity index (χ3v) is 7.51. The van der Waals surface area contributed by atoms with Crippen LogP contribution in [0.15, 0.2) is 66.7 Å². The summed E-state index contributed by atoms with van der Waals surface area (Å²) in [6, 6.07) is 24.9. The van der Waals surface area contributed by atoms with E-state index >= 15 is 0 Å². The lowest BCUT2D eigenvalue weighted by atomic mass is 9.41. The van der Waals surface area contributed by atoms with Crippen LogP contribution in [0, 0.1) is 0 Å². The molecule has 0 aliphatic carbocycles. The first-order valence-electron chi connectivity index (χ1n) is 15.5. The summed E-state index contributed by atoms with van der Waals surface area (Å²) in [5.41, 5.74) is 10.2. The zero-order valence-corrected chi connectivity index (χ0v) is 27.9. The van der Waals surface area contributed by atoms with Gasteiger partial charge in [0.2, 0.25) is 0 Å². The van der Waals surface area contributed by atoms with Gasteiger partial charge in [-0.1, -0.05) is 200 Å². The Labute approximate surface area is 246 Å². The van der Waals surface area contributed by atoms with Gasteiger partial charge in [-0.15, -0.1) is 0 Å². The normalized spacial score (nSPS) is 9.79. The third-order valence-electron chi connectivity index (χ3n) is 7.51. The highest BCUT2D eigenvalue weighted by atomic mass is 13.9. The SMILES string of the molecule is CB(C)c1cc(B(C)C)cc(B(C)C)c1.CB(C)c1ccc(B(C)C)cc1.CB(C)c1cccc(B(C)C)c1. The highest BCUT2D eigenvalue weighted by Gasteiger charge is 2.13. The van der Waals surface area contributed by atoms with Crippen molar-refractivity contribution in [3.05, 3.63) is 66.7 Å². The van der Waals surface area contributed by atoms with Crippen LogP contribution in [0.25, 0.3) is 0 Å². The summed E-state index contributed by atoms with van der Waals surface area (Å²) in [4.78, 5) is 0. The van der Waals surface area contributed by atoms with E-state index < -0.39 is 0 Å². The Bertz CT molecular complexity index is 987. The van der Waals surface area contributed by atoms with Crippen LogP contribution >= 0.6 is 0 Å². The van der Waals surface area contributed by atoms with Crippen molar-refractivity contribution in [3.8, 4) is 0 Å². The van der Waals surface area contributed by atoms with E-state index in [4.69, 9.17) is 0 Å². The van der Waals surface area contributed by atoms with E-state index in [9.17, 15) is 0 Å². The van der Waals surface area contributed by atoms with Gasteiger partial charge in [-0.05, 0) is 0 Å². The topological polar surface area (TPSA) is 0 Å². The van der Waals surface area contributed by atoms with E-state index in [1.165, 1.54) is 38.2 Å². The Kier molecular flexibility index (Phi) is 15.4. The smallest absolute Gasteiger partial charge is 0.0819 e. The maximum absolute atomic E-state index is 2.36. The van der Waals surface area contributed by atoms with Crippen LogP contribution < -0.4 is 38.2 Å². The Morgan fingerprint density at radius 2 is 0.462 bits per heavy atom. The predicted octanol–water partition coefficient (Wildman–Crippen LogP) is 4.79. The Hall–Kier alpha value is -1.89. The van der Waals surface area contributed by atoms with Gasteiger partial charge in [-0.3, -0.25) is 0 Å². The molecule has 0 spiro atoms. The molecule has 0 saturated heterocycles. The second-order valence-corrected chi connectivity index (χ2v) is 13.4. The zero-order valence-electron chi connectivity index (χ0n) is 27.9. The van der Waals surface area contributed by atoms with Crippen molar-refractivity contribution in [2.75, 3.05) is 0 Å². The molecule has 39 heavy (non-hydrogen) atoms. The lowest BCUT2D eigenvalue weighted by Gasteiger charge is -2.13. The van der Waals surface area contributed by atoms with Crippen molar-refractivity contribution in [1.82, 2.24) is 0 Å². The lowest BCUT2D eigenvalue weighted by Crippen LogP contribution is -2.39. The van der Waals surface area contributed by atoms with Gasteiger partial charge >= 0.3 is 0 Å². The molecule has 0 unspecified atom stereocenters. The Morgan fingerprint density at radius 1 is 0.256 bits per heavy atom. The van der Waals surface area contributed by atoms with Crippen LogP contribution in [-0.4, -0.2) is 47.0 Å². The van der Waals surface area contributed by atoms with Crippen molar-refractivity contribution >= 4 is 85.2 Å². The summed E-state index contributed by atoms with van der Waals surface area (Å²) in [5, 5.41) is 0. The average molecular weight is 513 g/mol. The van der Waals surface area contributed by atoms with E-state index in [-0.39, 0.29) is 0 Å². The molecule has 0 aliphatic rings. The minimum absolute atomic E-state index is 0.626. The molecule has 0 amide bonds. The summed E-state index contributed by atoms with van der Waals surface area (Å²) in [7, 11) is 0. The predicted molar refractivity (Wildman–Crippen MR) is 199 cm³/mol. The fraction of sp³-hybridized carbons (Fsp3) is 0.438. The van der Waals surface area contributed by atoms with Crippen LogP contribution in [0.5, 0.6) is 0 Å². The fourth-order valence-electron chi connectivity index (χ4n) is 4.25. The van der Waals surface area contributed by atoms with Crippen LogP contribution in [0.2, 0.25) is 95.5 Å². The number of hydrogen-bond donors (Lipinski definition) is 0. The molecule has 0 nitrogen and oxygen atoms in total. The molecule has 7 heteroatoms. The molecule has 0 radical (unpaired) electrons.